The first-order chi connectivity index (χ1) is 7.08. The van der Waals surface area contributed by atoms with Crippen LogP contribution in [0, 0.1) is 0 Å². The normalized spacial score (nSPS) is 15.1. The number of alkyl halides is 1. The number of aliphatic carboxylic acids is 1. The second-order valence-corrected chi connectivity index (χ2v) is 5.16. The third kappa shape index (κ3) is 6.50. The number of nitrogens with one attached hydrogen (secondary N) is 1. The highest BCUT2D eigenvalue weighted by atomic mass is 35.5. The van der Waals surface area contributed by atoms with E-state index >= 15 is 0 Å². The van der Waals surface area contributed by atoms with Crippen LogP contribution >= 0.6 is 11.6 Å². The minimum absolute atomic E-state index is 0.00145. The molecular weight excluding hydrogens is 234 g/mol. The third-order valence-corrected chi connectivity index (χ3v) is 2.23. The molecule has 0 aromatic rings. The molecule has 0 spiro atoms. The predicted molar refractivity (Wildman–Crippen MR) is 60.7 cm³/mol. The monoisotopic (exact) mass is 251 g/mol. The van der Waals surface area contributed by atoms with E-state index in [1.165, 1.54) is 0 Å². The fourth-order valence-corrected chi connectivity index (χ4v) is 1.17. The van der Waals surface area contributed by atoms with Crippen LogP contribution < -0.4 is 5.32 Å². The van der Waals surface area contributed by atoms with Crippen LogP contribution in [0.25, 0.3) is 0 Å². The van der Waals surface area contributed by atoms with Crippen LogP contribution in [-0.4, -0.2) is 34.2 Å². The van der Waals surface area contributed by atoms with Crippen LogP contribution in [0.15, 0.2) is 0 Å². The molecular formula is C10H18ClNO4. The van der Waals surface area contributed by atoms with E-state index in [1.807, 2.05) is 0 Å². The Kier molecular flexibility index (Phi) is 5.06. The minimum Gasteiger partial charge on any atom is -0.481 e. The van der Waals surface area contributed by atoms with E-state index in [4.69, 9.17) is 21.4 Å². The second-order valence-electron chi connectivity index (χ2n) is 4.89. The number of carbonyl (C=O) groups excluding carboxylic acids is 1. The molecule has 0 radical (unpaired) electrons. The van der Waals surface area contributed by atoms with Crippen molar-refractivity contribution < 1.29 is 19.4 Å². The lowest BCUT2D eigenvalue weighted by molar-refractivity contribution is -0.138. The van der Waals surface area contributed by atoms with E-state index in [0.717, 1.165) is 0 Å². The molecule has 0 fully saturated rings. The lowest BCUT2D eigenvalue weighted by atomic mass is 10.0. The number of amides is 1. The zero-order valence-electron chi connectivity index (χ0n) is 9.96. The number of carboxylic acids is 1. The lowest BCUT2D eigenvalue weighted by Gasteiger charge is -2.28. The molecule has 94 valence electrons. The Balaban J connectivity index is 4.42. The van der Waals surface area contributed by atoms with Gasteiger partial charge in [0.1, 0.15) is 5.60 Å². The SMILES string of the molecule is CC(CCl)(CC(=O)O)NC(=O)OC(C)(C)C. The van der Waals surface area contributed by atoms with Gasteiger partial charge in [0.2, 0.25) is 0 Å². The Labute approximate surface area is 100 Å². The summed E-state index contributed by atoms with van der Waals surface area (Å²) in [5, 5.41) is 11.1. The molecule has 1 atom stereocenters. The van der Waals surface area contributed by atoms with Gasteiger partial charge in [0.15, 0.2) is 0 Å². The van der Waals surface area contributed by atoms with Crippen molar-refractivity contribution in [1.29, 1.82) is 0 Å². The molecule has 0 heterocycles. The quantitative estimate of drug-likeness (QED) is 0.749. The smallest absolute Gasteiger partial charge is 0.408 e. The van der Waals surface area contributed by atoms with Gasteiger partial charge in [-0.2, -0.15) is 0 Å². The van der Waals surface area contributed by atoms with Gasteiger partial charge in [-0.25, -0.2) is 4.79 Å². The molecule has 2 N–H and O–H groups in total. The van der Waals surface area contributed by atoms with Crippen molar-refractivity contribution in [2.75, 3.05) is 5.88 Å². The van der Waals surface area contributed by atoms with Crippen LogP contribution in [0.2, 0.25) is 0 Å². The molecule has 1 unspecified atom stereocenters. The summed E-state index contributed by atoms with van der Waals surface area (Å²) in [6, 6.07) is 0. The van der Waals surface area contributed by atoms with E-state index in [1.54, 1.807) is 27.7 Å². The van der Waals surface area contributed by atoms with Gasteiger partial charge in [0.25, 0.3) is 0 Å². The van der Waals surface area contributed by atoms with E-state index < -0.39 is 23.2 Å². The van der Waals surface area contributed by atoms with Crippen molar-refractivity contribution in [3.63, 3.8) is 0 Å². The summed E-state index contributed by atoms with van der Waals surface area (Å²) in [5.41, 5.74) is -1.63. The zero-order valence-corrected chi connectivity index (χ0v) is 10.7. The first-order valence-corrected chi connectivity index (χ1v) is 5.40. The molecule has 0 saturated carbocycles. The van der Waals surface area contributed by atoms with Gasteiger partial charge in [-0.05, 0) is 27.7 Å². The molecule has 5 nitrogen and oxygen atoms in total. The van der Waals surface area contributed by atoms with Crippen LogP contribution in [0.4, 0.5) is 4.79 Å². The van der Waals surface area contributed by atoms with Crippen LogP contribution in [0.3, 0.4) is 0 Å². The van der Waals surface area contributed by atoms with Crippen molar-refractivity contribution in [3.05, 3.63) is 0 Å². The van der Waals surface area contributed by atoms with Gasteiger partial charge >= 0.3 is 12.1 Å². The Morgan fingerprint density at radius 3 is 2.12 bits per heavy atom. The number of alkyl carbamates (subject to hydrolysis) is 1. The van der Waals surface area contributed by atoms with Gasteiger partial charge in [-0.15, -0.1) is 11.6 Å². The van der Waals surface area contributed by atoms with Crippen molar-refractivity contribution in [2.45, 2.75) is 45.3 Å². The standard InChI is InChI=1S/C10H18ClNO4/c1-9(2,3)16-8(15)12-10(4,6-11)5-7(13)14/h5-6H2,1-4H3,(H,12,15)(H,13,14). The number of halogens is 1. The second kappa shape index (κ2) is 5.39. The van der Waals surface area contributed by atoms with Gasteiger partial charge in [-0.3, -0.25) is 4.79 Å². The van der Waals surface area contributed by atoms with Crippen LogP contribution in [-0.2, 0) is 9.53 Å². The third-order valence-electron chi connectivity index (χ3n) is 1.64. The van der Waals surface area contributed by atoms with Gasteiger partial charge < -0.3 is 15.2 Å². The van der Waals surface area contributed by atoms with E-state index in [-0.39, 0.29) is 12.3 Å². The zero-order chi connectivity index (χ0) is 13.0. The van der Waals surface area contributed by atoms with E-state index in [2.05, 4.69) is 5.32 Å². The average molecular weight is 252 g/mol. The topological polar surface area (TPSA) is 75.6 Å². The molecule has 1 amide bonds. The van der Waals surface area contributed by atoms with Gasteiger partial charge in [-0.1, -0.05) is 0 Å². The number of carboxylic acid groups (broad SMARTS) is 1. The molecule has 6 heteroatoms. The number of hydrogen-bond acceptors (Lipinski definition) is 3. The van der Waals surface area contributed by atoms with Gasteiger partial charge in [0.05, 0.1) is 12.0 Å². The highest BCUT2D eigenvalue weighted by molar-refractivity contribution is 6.18. The molecule has 0 aliphatic heterocycles. The van der Waals surface area contributed by atoms with Crippen molar-refractivity contribution in [1.82, 2.24) is 5.32 Å². The first kappa shape index (κ1) is 15.0. The maximum Gasteiger partial charge on any atom is 0.408 e. The molecule has 0 aromatic carbocycles. The Morgan fingerprint density at radius 1 is 1.31 bits per heavy atom. The minimum atomic E-state index is -1.03. The molecule has 0 aliphatic carbocycles. The maximum atomic E-state index is 11.4. The van der Waals surface area contributed by atoms with E-state index in [9.17, 15) is 9.59 Å². The first-order valence-electron chi connectivity index (χ1n) is 4.87. The molecule has 0 aliphatic rings. The van der Waals surface area contributed by atoms with E-state index in [0.29, 0.717) is 0 Å². The molecule has 0 saturated heterocycles. The number of rotatable bonds is 4. The predicted octanol–water partition coefficient (Wildman–Crippen LogP) is 1.98. The summed E-state index contributed by atoms with van der Waals surface area (Å²) in [6.45, 7) is 6.73. The van der Waals surface area contributed by atoms with Crippen molar-refractivity contribution >= 4 is 23.7 Å². The molecule has 0 aromatic heterocycles. The number of ether oxygens (including phenoxy) is 1. The summed E-state index contributed by atoms with van der Waals surface area (Å²) in [4.78, 5) is 22.0. The van der Waals surface area contributed by atoms with Gasteiger partial charge in [0, 0.05) is 5.88 Å². The lowest BCUT2D eigenvalue weighted by Crippen LogP contribution is -2.50. The largest absolute Gasteiger partial charge is 0.481 e. The molecule has 0 rings (SSSR count). The summed E-state index contributed by atoms with van der Waals surface area (Å²) in [5.74, 6) is -1.03. The molecule has 16 heavy (non-hydrogen) atoms. The Bertz CT molecular complexity index is 274. The summed E-state index contributed by atoms with van der Waals surface area (Å²) in [7, 11) is 0. The maximum absolute atomic E-state index is 11.4. The highest BCUT2D eigenvalue weighted by Crippen LogP contribution is 2.14. The molecule has 0 bridgehead atoms. The van der Waals surface area contributed by atoms with Crippen LogP contribution in [0.1, 0.15) is 34.1 Å². The summed E-state index contributed by atoms with van der Waals surface area (Å²) >= 11 is 5.63. The van der Waals surface area contributed by atoms with Crippen molar-refractivity contribution in [3.8, 4) is 0 Å². The van der Waals surface area contributed by atoms with Crippen LogP contribution in [0.5, 0.6) is 0 Å². The summed E-state index contributed by atoms with van der Waals surface area (Å²) in [6.07, 6.45) is -0.924. The highest BCUT2D eigenvalue weighted by Gasteiger charge is 2.30. The number of carbonyl (C=O) groups is 2. The Morgan fingerprint density at radius 2 is 1.81 bits per heavy atom. The van der Waals surface area contributed by atoms with Crippen molar-refractivity contribution in [2.24, 2.45) is 0 Å². The average Bonchev–Trinajstić information content (AvgIpc) is 1.98. The summed E-state index contributed by atoms with van der Waals surface area (Å²) < 4.78 is 5.02. The number of hydrogen-bond donors (Lipinski definition) is 2. The Hall–Kier alpha value is -0.970. The fraction of sp³-hybridized carbons (Fsp3) is 0.800. The fourth-order valence-electron chi connectivity index (χ4n) is 1.01.